The van der Waals surface area contributed by atoms with E-state index in [-0.39, 0.29) is 18.1 Å². The Hall–Kier alpha value is -3.22. The van der Waals surface area contributed by atoms with E-state index in [1.165, 1.54) is 11.3 Å². The molecule has 1 saturated heterocycles. The van der Waals surface area contributed by atoms with Crippen LogP contribution in [-0.4, -0.2) is 76.3 Å². The minimum absolute atomic E-state index is 0.0493. The maximum Gasteiger partial charge on any atom is 0.410 e. The number of amides is 3. The van der Waals surface area contributed by atoms with Gasteiger partial charge in [0.15, 0.2) is 0 Å². The number of thiophene rings is 1. The van der Waals surface area contributed by atoms with Crippen LogP contribution in [0.3, 0.4) is 0 Å². The highest BCUT2D eigenvalue weighted by Gasteiger charge is 2.43. The Morgan fingerprint density at radius 2 is 1.59 bits per heavy atom. The topological polar surface area (TPSA) is 113 Å². The second-order valence-corrected chi connectivity index (χ2v) is 16.8. The second-order valence-electron chi connectivity index (χ2n) is 14.7. The van der Waals surface area contributed by atoms with Crippen LogP contribution in [0.15, 0.2) is 24.3 Å². The summed E-state index contributed by atoms with van der Waals surface area (Å²) in [6.45, 7) is 14.4. The summed E-state index contributed by atoms with van der Waals surface area (Å²) in [5.74, 6) is 0.882. The van der Waals surface area contributed by atoms with Crippen molar-refractivity contribution < 1.29 is 23.9 Å². The third kappa shape index (κ3) is 7.50. The highest BCUT2D eigenvalue weighted by atomic mass is 32.1. The first-order chi connectivity index (χ1) is 21.7. The first kappa shape index (κ1) is 32.7. The molecule has 0 spiro atoms. The highest BCUT2D eigenvalue weighted by molar-refractivity contribution is 7.23. The molecule has 2 aliphatic heterocycles. The van der Waals surface area contributed by atoms with Gasteiger partial charge in [0.25, 0.3) is 0 Å². The molecule has 2 N–H and O–H groups in total. The number of rotatable bonds is 6. The number of nitrogens with one attached hydrogen (secondary N) is 2. The van der Waals surface area contributed by atoms with E-state index in [2.05, 4.69) is 16.7 Å². The molecule has 3 amide bonds. The van der Waals surface area contributed by atoms with Gasteiger partial charge in [0.2, 0.25) is 5.91 Å². The third-order valence-electron chi connectivity index (χ3n) is 8.66. The molecule has 3 aromatic rings. The van der Waals surface area contributed by atoms with Gasteiger partial charge in [-0.15, -0.1) is 22.7 Å². The molecule has 1 aliphatic carbocycles. The van der Waals surface area contributed by atoms with Crippen LogP contribution in [0.1, 0.15) is 71.2 Å². The summed E-state index contributed by atoms with van der Waals surface area (Å²) in [5, 5.41) is 8.48. The average molecular weight is 668 g/mol. The van der Waals surface area contributed by atoms with Crippen molar-refractivity contribution in [2.24, 2.45) is 11.8 Å². The number of carbonyl (C=O) groups excluding carboxylic acids is 3. The van der Waals surface area contributed by atoms with Crippen LogP contribution in [0.4, 0.5) is 14.6 Å². The standard InChI is InChI=1S/C34H45N5O5S2/c1-33(2,3)43-31(41)38-14-12-23-26(19-38)46-30(28(23)29-36-24-9-7-8-10-25(24)45-29)37-27(40)11-13-35-22-15-20-17-39(18-21(20)16-22)32(42)44-34(4,5)6/h7-10,20-22,35H,11-19H2,1-6H3,(H,37,40)/t20-,21?,22-/m1/s1. The number of ether oxygens (including phenoxy) is 2. The molecule has 2 fully saturated rings. The summed E-state index contributed by atoms with van der Waals surface area (Å²) >= 11 is 3.16. The van der Waals surface area contributed by atoms with Gasteiger partial charge in [-0.25, -0.2) is 14.6 Å². The van der Waals surface area contributed by atoms with E-state index in [9.17, 15) is 14.4 Å². The first-order valence-corrected chi connectivity index (χ1v) is 17.9. The average Bonchev–Trinajstić information content (AvgIpc) is 3.71. The van der Waals surface area contributed by atoms with E-state index >= 15 is 0 Å². The maximum absolute atomic E-state index is 13.3. The molecular formula is C34H45N5O5S2. The predicted octanol–water partition coefficient (Wildman–Crippen LogP) is 6.88. The molecule has 1 aromatic carbocycles. The van der Waals surface area contributed by atoms with Crippen LogP contribution in [0.2, 0.25) is 0 Å². The van der Waals surface area contributed by atoms with Crippen LogP contribution in [0, 0.1) is 11.8 Å². The summed E-state index contributed by atoms with van der Waals surface area (Å²) in [7, 11) is 0. The fraction of sp³-hybridized carbons (Fsp3) is 0.588. The lowest BCUT2D eigenvalue weighted by atomic mass is 10.0. The van der Waals surface area contributed by atoms with Gasteiger partial charge in [-0.1, -0.05) is 12.1 Å². The van der Waals surface area contributed by atoms with Crippen molar-refractivity contribution in [1.82, 2.24) is 20.1 Å². The lowest BCUT2D eigenvalue weighted by molar-refractivity contribution is -0.116. The van der Waals surface area contributed by atoms with E-state index < -0.39 is 11.2 Å². The summed E-state index contributed by atoms with van der Waals surface area (Å²) in [6.07, 6.45) is 2.47. The van der Waals surface area contributed by atoms with Crippen molar-refractivity contribution in [3.05, 3.63) is 34.7 Å². The molecule has 248 valence electrons. The molecule has 2 aromatic heterocycles. The smallest absolute Gasteiger partial charge is 0.410 e. The molecule has 1 saturated carbocycles. The Kier molecular flexibility index (Phi) is 9.08. The maximum atomic E-state index is 13.3. The normalized spacial score (nSPS) is 21.3. The van der Waals surface area contributed by atoms with Crippen LogP contribution >= 0.6 is 22.7 Å². The van der Waals surface area contributed by atoms with Crippen molar-refractivity contribution in [3.63, 3.8) is 0 Å². The molecule has 3 atom stereocenters. The number of thiazole rings is 1. The number of hydrogen-bond acceptors (Lipinski definition) is 9. The third-order valence-corrected chi connectivity index (χ3v) is 10.8. The van der Waals surface area contributed by atoms with Gasteiger partial charge in [0.1, 0.15) is 21.2 Å². The monoisotopic (exact) mass is 667 g/mol. The minimum Gasteiger partial charge on any atom is -0.444 e. The van der Waals surface area contributed by atoms with Gasteiger partial charge in [0, 0.05) is 49.1 Å². The molecule has 1 unspecified atom stereocenters. The van der Waals surface area contributed by atoms with Crippen molar-refractivity contribution in [2.75, 3.05) is 31.5 Å². The minimum atomic E-state index is -0.566. The number of hydrogen-bond donors (Lipinski definition) is 2. The lowest BCUT2D eigenvalue weighted by Crippen LogP contribution is -2.39. The van der Waals surface area contributed by atoms with Gasteiger partial charge in [-0.2, -0.15) is 0 Å². The van der Waals surface area contributed by atoms with Crippen LogP contribution < -0.4 is 10.6 Å². The second kappa shape index (κ2) is 12.8. The number of benzene rings is 1. The van der Waals surface area contributed by atoms with Gasteiger partial charge in [-0.05, 0) is 90.3 Å². The largest absolute Gasteiger partial charge is 0.444 e. The van der Waals surface area contributed by atoms with E-state index in [0.29, 0.717) is 50.4 Å². The Morgan fingerprint density at radius 1 is 0.935 bits per heavy atom. The summed E-state index contributed by atoms with van der Waals surface area (Å²) in [6, 6.07) is 8.41. The molecule has 6 rings (SSSR count). The Morgan fingerprint density at radius 3 is 2.24 bits per heavy atom. The van der Waals surface area contributed by atoms with Crippen LogP contribution in [0.5, 0.6) is 0 Å². The first-order valence-electron chi connectivity index (χ1n) is 16.2. The summed E-state index contributed by atoms with van der Waals surface area (Å²) in [4.78, 5) is 48.3. The van der Waals surface area contributed by atoms with E-state index in [1.807, 2.05) is 64.6 Å². The van der Waals surface area contributed by atoms with Crippen molar-refractivity contribution >= 4 is 56.0 Å². The molecule has 4 heterocycles. The number of carbonyl (C=O) groups is 3. The zero-order valence-corrected chi connectivity index (χ0v) is 29.2. The molecule has 0 radical (unpaired) electrons. The van der Waals surface area contributed by atoms with E-state index in [0.717, 1.165) is 62.2 Å². The van der Waals surface area contributed by atoms with Gasteiger partial charge in [-0.3, -0.25) is 4.79 Å². The van der Waals surface area contributed by atoms with Crippen molar-refractivity contribution in [1.29, 1.82) is 0 Å². The van der Waals surface area contributed by atoms with E-state index in [1.54, 1.807) is 16.2 Å². The predicted molar refractivity (Wildman–Crippen MR) is 182 cm³/mol. The number of aromatic nitrogens is 1. The molecule has 12 heteroatoms. The summed E-state index contributed by atoms with van der Waals surface area (Å²) < 4.78 is 12.3. The number of fused-ring (bicyclic) bond motifs is 3. The van der Waals surface area contributed by atoms with Gasteiger partial charge < -0.3 is 29.9 Å². The zero-order chi connectivity index (χ0) is 32.8. The number of anilines is 1. The van der Waals surface area contributed by atoms with Crippen LogP contribution in [-0.2, 0) is 27.2 Å². The van der Waals surface area contributed by atoms with E-state index in [4.69, 9.17) is 14.5 Å². The Balaban J connectivity index is 1.08. The van der Waals surface area contributed by atoms with Gasteiger partial charge in [0.05, 0.1) is 16.8 Å². The zero-order valence-electron chi connectivity index (χ0n) is 27.6. The van der Waals surface area contributed by atoms with Crippen molar-refractivity contribution in [3.8, 4) is 10.6 Å². The molecule has 46 heavy (non-hydrogen) atoms. The molecule has 0 bridgehead atoms. The Labute approximate surface area is 278 Å². The molecular weight excluding hydrogens is 623 g/mol. The quantitative estimate of drug-likeness (QED) is 0.295. The SMILES string of the molecule is CC(C)(C)OC(=O)N1CCc2c(sc(NC(=O)CCN[C@H]3CC4CN(C(=O)OC(C)(C)C)C[C@H]4C3)c2-c2nc3ccccc3s2)C1. The van der Waals surface area contributed by atoms with Gasteiger partial charge >= 0.3 is 12.2 Å². The fourth-order valence-corrected chi connectivity index (χ4v) is 9.09. The number of nitrogens with zero attached hydrogens (tertiary/aromatic N) is 3. The molecule has 10 nitrogen and oxygen atoms in total. The lowest BCUT2D eigenvalue weighted by Gasteiger charge is -2.30. The Bertz CT molecular complexity index is 1570. The summed E-state index contributed by atoms with van der Waals surface area (Å²) in [5.41, 5.74) is 2.01. The van der Waals surface area contributed by atoms with Crippen LogP contribution in [0.25, 0.3) is 20.8 Å². The fourth-order valence-electron chi connectivity index (χ4n) is 6.70. The highest BCUT2D eigenvalue weighted by Crippen LogP contribution is 2.46. The number of para-hydroxylation sites is 1. The molecule has 3 aliphatic rings. The number of likely N-dealkylation sites (tertiary alicyclic amines) is 1. The van der Waals surface area contributed by atoms with Crippen molar-refractivity contribution in [2.45, 2.75) is 91.0 Å².